The number of ether oxygens (including phenoxy) is 1. The molecule has 0 N–H and O–H groups in total. The van der Waals surface area contributed by atoms with Gasteiger partial charge in [0.2, 0.25) is 0 Å². The van der Waals surface area contributed by atoms with Crippen LogP contribution in [0.5, 0.6) is 0 Å². The molecule has 2 rings (SSSR count). The fourth-order valence-corrected chi connectivity index (χ4v) is 1.04. The average molecular weight is 111 g/mol. The Labute approximate surface area is 48.6 Å². The van der Waals surface area contributed by atoms with E-state index in [1.165, 1.54) is 12.8 Å². The predicted molar refractivity (Wildman–Crippen MR) is 31.0 cm³/mol. The standard InChI is InChI=1S/C6H9NO/c1-5-7-6(2-3-6)4-8-5/h2-4H2,1H3. The monoisotopic (exact) mass is 111 g/mol. The SMILES string of the molecule is CC1=NC2(CC2)CO1. The van der Waals surface area contributed by atoms with Crippen LogP contribution in [0.4, 0.5) is 0 Å². The molecule has 1 aliphatic carbocycles. The molecule has 2 nitrogen and oxygen atoms in total. The fraction of sp³-hybridized carbons (Fsp3) is 0.833. The van der Waals surface area contributed by atoms with Crippen LogP contribution in [-0.4, -0.2) is 18.0 Å². The molecule has 1 aliphatic heterocycles. The molecule has 0 saturated heterocycles. The minimum absolute atomic E-state index is 0.282. The lowest BCUT2D eigenvalue weighted by atomic mass is 10.3. The van der Waals surface area contributed by atoms with Crippen molar-refractivity contribution in [3.8, 4) is 0 Å². The third-order valence-corrected chi connectivity index (χ3v) is 1.77. The van der Waals surface area contributed by atoms with Crippen molar-refractivity contribution in [1.29, 1.82) is 0 Å². The van der Waals surface area contributed by atoms with Gasteiger partial charge in [-0.1, -0.05) is 0 Å². The molecular weight excluding hydrogens is 102 g/mol. The zero-order valence-corrected chi connectivity index (χ0v) is 4.98. The number of nitrogens with zero attached hydrogens (tertiary/aromatic N) is 1. The third kappa shape index (κ3) is 0.457. The van der Waals surface area contributed by atoms with Crippen LogP contribution < -0.4 is 0 Å². The summed E-state index contributed by atoms with van der Waals surface area (Å²) in [7, 11) is 0. The minimum atomic E-state index is 0.282. The lowest BCUT2D eigenvalue weighted by Gasteiger charge is -1.94. The molecule has 0 aromatic heterocycles. The van der Waals surface area contributed by atoms with Crippen molar-refractivity contribution in [3.05, 3.63) is 0 Å². The Morgan fingerprint density at radius 3 is 2.62 bits per heavy atom. The molecule has 0 unspecified atom stereocenters. The van der Waals surface area contributed by atoms with Gasteiger partial charge in [0.15, 0.2) is 5.90 Å². The van der Waals surface area contributed by atoms with E-state index in [2.05, 4.69) is 4.99 Å². The first-order valence-corrected chi connectivity index (χ1v) is 3.00. The summed E-state index contributed by atoms with van der Waals surface area (Å²) in [6.07, 6.45) is 2.48. The van der Waals surface area contributed by atoms with Crippen molar-refractivity contribution in [1.82, 2.24) is 0 Å². The Morgan fingerprint density at radius 2 is 2.38 bits per heavy atom. The van der Waals surface area contributed by atoms with Gasteiger partial charge in [-0.3, -0.25) is 0 Å². The maximum Gasteiger partial charge on any atom is 0.180 e. The highest BCUT2D eigenvalue weighted by Crippen LogP contribution is 2.42. The number of hydrogen-bond donors (Lipinski definition) is 0. The lowest BCUT2D eigenvalue weighted by Crippen LogP contribution is -2.04. The minimum Gasteiger partial charge on any atom is -0.479 e. The maximum atomic E-state index is 5.18. The molecule has 0 atom stereocenters. The summed E-state index contributed by atoms with van der Waals surface area (Å²) in [5.74, 6) is 0.877. The second kappa shape index (κ2) is 1.07. The molecule has 1 fully saturated rings. The molecule has 0 bridgehead atoms. The Kier molecular flexibility index (Phi) is 0.581. The van der Waals surface area contributed by atoms with Crippen molar-refractivity contribution in [2.45, 2.75) is 25.3 Å². The summed E-state index contributed by atoms with van der Waals surface area (Å²) >= 11 is 0. The molecule has 1 spiro atoms. The van der Waals surface area contributed by atoms with Crippen molar-refractivity contribution in [3.63, 3.8) is 0 Å². The van der Waals surface area contributed by atoms with E-state index in [0.717, 1.165) is 12.5 Å². The van der Waals surface area contributed by atoms with Gasteiger partial charge in [-0.2, -0.15) is 0 Å². The fourth-order valence-electron chi connectivity index (χ4n) is 1.04. The number of rotatable bonds is 0. The zero-order valence-electron chi connectivity index (χ0n) is 4.98. The predicted octanol–water partition coefficient (Wildman–Crippen LogP) is 0.968. The Morgan fingerprint density at radius 1 is 1.62 bits per heavy atom. The topological polar surface area (TPSA) is 21.6 Å². The first-order valence-electron chi connectivity index (χ1n) is 3.00. The molecule has 1 heterocycles. The molecule has 2 aliphatic rings. The van der Waals surface area contributed by atoms with E-state index in [-0.39, 0.29) is 5.54 Å². The lowest BCUT2D eigenvalue weighted by molar-refractivity contribution is 0.308. The van der Waals surface area contributed by atoms with Gasteiger partial charge in [0.25, 0.3) is 0 Å². The quantitative estimate of drug-likeness (QED) is 0.456. The molecule has 0 amide bonds. The van der Waals surface area contributed by atoms with Gasteiger partial charge in [-0.05, 0) is 12.8 Å². The molecule has 8 heavy (non-hydrogen) atoms. The first-order chi connectivity index (χ1) is 3.81. The molecule has 0 aromatic carbocycles. The van der Waals surface area contributed by atoms with Gasteiger partial charge in [0, 0.05) is 6.92 Å². The normalized spacial score (nSPS) is 29.9. The second-order valence-electron chi connectivity index (χ2n) is 2.64. The molecule has 44 valence electrons. The van der Waals surface area contributed by atoms with Crippen LogP contribution >= 0.6 is 0 Å². The molecule has 2 heteroatoms. The molecule has 0 radical (unpaired) electrons. The van der Waals surface area contributed by atoms with Gasteiger partial charge >= 0.3 is 0 Å². The Hall–Kier alpha value is -0.530. The van der Waals surface area contributed by atoms with Gasteiger partial charge in [-0.15, -0.1) is 0 Å². The zero-order chi connectivity index (χ0) is 5.61. The van der Waals surface area contributed by atoms with E-state index in [1.807, 2.05) is 6.92 Å². The first kappa shape index (κ1) is 4.36. The van der Waals surface area contributed by atoms with E-state index >= 15 is 0 Å². The summed E-state index contributed by atoms with van der Waals surface area (Å²) in [5.41, 5.74) is 0.282. The van der Waals surface area contributed by atoms with Crippen LogP contribution in [0.2, 0.25) is 0 Å². The smallest absolute Gasteiger partial charge is 0.180 e. The second-order valence-corrected chi connectivity index (χ2v) is 2.64. The van der Waals surface area contributed by atoms with Crippen LogP contribution in [0, 0.1) is 0 Å². The summed E-state index contributed by atoms with van der Waals surface area (Å²) in [5, 5.41) is 0. The van der Waals surface area contributed by atoms with E-state index < -0.39 is 0 Å². The van der Waals surface area contributed by atoms with Crippen LogP contribution in [0.25, 0.3) is 0 Å². The average Bonchev–Trinajstić information content (AvgIpc) is 2.34. The van der Waals surface area contributed by atoms with Crippen molar-refractivity contribution in [2.75, 3.05) is 6.61 Å². The van der Waals surface area contributed by atoms with Gasteiger partial charge in [-0.25, -0.2) is 4.99 Å². The largest absolute Gasteiger partial charge is 0.479 e. The summed E-state index contributed by atoms with van der Waals surface area (Å²) < 4.78 is 5.18. The number of aliphatic imine (C=N–C) groups is 1. The van der Waals surface area contributed by atoms with Crippen molar-refractivity contribution >= 4 is 5.90 Å². The third-order valence-electron chi connectivity index (χ3n) is 1.77. The van der Waals surface area contributed by atoms with Crippen LogP contribution in [0.3, 0.4) is 0 Å². The van der Waals surface area contributed by atoms with Gasteiger partial charge in [0.05, 0.1) is 5.54 Å². The van der Waals surface area contributed by atoms with Gasteiger partial charge < -0.3 is 4.74 Å². The maximum absolute atomic E-state index is 5.18. The molecule has 0 aromatic rings. The Balaban J connectivity index is 2.22. The van der Waals surface area contributed by atoms with Crippen LogP contribution in [0.15, 0.2) is 4.99 Å². The number of hydrogen-bond acceptors (Lipinski definition) is 2. The van der Waals surface area contributed by atoms with E-state index in [4.69, 9.17) is 4.74 Å². The van der Waals surface area contributed by atoms with Crippen LogP contribution in [0.1, 0.15) is 19.8 Å². The van der Waals surface area contributed by atoms with Gasteiger partial charge in [0.1, 0.15) is 6.61 Å². The highest BCUT2D eigenvalue weighted by Gasteiger charge is 2.46. The van der Waals surface area contributed by atoms with E-state index in [1.54, 1.807) is 0 Å². The molecule has 1 saturated carbocycles. The highest BCUT2D eigenvalue weighted by molar-refractivity contribution is 5.75. The van der Waals surface area contributed by atoms with Crippen molar-refractivity contribution < 1.29 is 4.74 Å². The molecular formula is C6H9NO. The van der Waals surface area contributed by atoms with E-state index in [0.29, 0.717) is 0 Å². The summed E-state index contributed by atoms with van der Waals surface area (Å²) in [4.78, 5) is 4.33. The van der Waals surface area contributed by atoms with E-state index in [9.17, 15) is 0 Å². The highest BCUT2D eigenvalue weighted by atomic mass is 16.5. The summed E-state index contributed by atoms with van der Waals surface area (Å²) in [6.45, 7) is 2.77. The Bertz CT molecular complexity index is 147. The van der Waals surface area contributed by atoms with Crippen molar-refractivity contribution in [2.24, 2.45) is 4.99 Å². The van der Waals surface area contributed by atoms with Crippen LogP contribution in [-0.2, 0) is 4.74 Å². The summed E-state index contributed by atoms with van der Waals surface area (Å²) in [6, 6.07) is 0.